The van der Waals surface area contributed by atoms with Crippen molar-refractivity contribution < 1.29 is 4.42 Å². The Kier molecular flexibility index (Phi) is 4.15. The predicted molar refractivity (Wildman–Crippen MR) is 139 cm³/mol. The molecule has 0 radical (unpaired) electrons. The molecule has 34 heavy (non-hydrogen) atoms. The van der Waals surface area contributed by atoms with E-state index in [0.717, 1.165) is 61.2 Å². The summed E-state index contributed by atoms with van der Waals surface area (Å²) in [7, 11) is 0. The van der Waals surface area contributed by atoms with Gasteiger partial charge in [-0.1, -0.05) is 78.9 Å². The van der Waals surface area contributed by atoms with Crippen molar-refractivity contribution in [1.29, 1.82) is 0 Å². The maximum atomic E-state index is 6.03. The molecule has 160 valence electrons. The molecule has 0 aliphatic carbocycles. The van der Waals surface area contributed by atoms with Gasteiger partial charge in [-0.25, -0.2) is 4.98 Å². The van der Waals surface area contributed by atoms with Crippen LogP contribution in [0, 0.1) is 0 Å². The van der Waals surface area contributed by atoms with Crippen LogP contribution in [0.25, 0.3) is 61.2 Å². The number of imidazole rings is 1. The molecule has 0 amide bonds. The minimum Gasteiger partial charge on any atom is -0.456 e. The lowest BCUT2D eigenvalue weighted by Gasteiger charge is -2.12. The molecule has 0 aliphatic heterocycles. The zero-order valence-corrected chi connectivity index (χ0v) is 18.3. The van der Waals surface area contributed by atoms with Crippen LogP contribution in [-0.4, -0.2) is 9.55 Å². The number of hydrogen-bond donors (Lipinski definition) is 0. The molecule has 0 aliphatic rings. The highest BCUT2D eigenvalue weighted by molar-refractivity contribution is 6.06. The number of para-hydroxylation sites is 3. The third-order valence-electron chi connectivity index (χ3n) is 6.41. The van der Waals surface area contributed by atoms with Crippen molar-refractivity contribution >= 4 is 33.0 Å². The standard InChI is InChI=1S/C31H20N2O/c1-2-9-21(10-3-1)31-32-27-14-5-6-15-28(27)33(31)24-12-8-11-22(19-24)23-17-18-30-26(20-23)25-13-4-7-16-29(25)34-30/h1-20H. The van der Waals surface area contributed by atoms with Gasteiger partial charge in [0.15, 0.2) is 0 Å². The zero-order valence-electron chi connectivity index (χ0n) is 18.3. The molecule has 0 bridgehead atoms. The summed E-state index contributed by atoms with van der Waals surface area (Å²) in [5.74, 6) is 0.940. The molecule has 3 heteroatoms. The lowest BCUT2D eigenvalue weighted by atomic mass is 10.0. The Labute approximate surface area is 196 Å². The third-order valence-corrected chi connectivity index (χ3v) is 6.41. The van der Waals surface area contributed by atoms with Gasteiger partial charge >= 0.3 is 0 Å². The van der Waals surface area contributed by atoms with E-state index >= 15 is 0 Å². The van der Waals surface area contributed by atoms with E-state index < -0.39 is 0 Å². The number of rotatable bonds is 3. The van der Waals surface area contributed by atoms with Gasteiger partial charge in [-0.05, 0) is 53.6 Å². The van der Waals surface area contributed by atoms with Crippen LogP contribution in [0.2, 0.25) is 0 Å². The minimum absolute atomic E-state index is 0.910. The molecule has 2 heterocycles. The molecule has 0 saturated carbocycles. The molecule has 7 rings (SSSR count). The summed E-state index contributed by atoms with van der Waals surface area (Å²) >= 11 is 0. The average molecular weight is 437 g/mol. The molecule has 0 spiro atoms. The molecule has 2 aromatic heterocycles. The SMILES string of the molecule is c1ccc(-c2nc3ccccc3n2-c2cccc(-c3ccc4oc5ccccc5c4c3)c2)cc1. The molecule has 0 fully saturated rings. The maximum Gasteiger partial charge on any atom is 0.145 e. The van der Waals surface area contributed by atoms with Crippen molar-refractivity contribution in [1.82, 2.24) is 9.55 Å². The van der Waals surface area contributed by atoms with Crippen LogP contribution in [0.1, 0.15) is 0 Å². The van der Waals surface area contributed by atoms with E-state index in [2.05, 4.69) is 102 Å². The first-order valence-electron chi connectivity index (χ1n) is 11.4. The molecular formula is C31H20N2O. The van der Waals surface area contributed by atoms with E-state index in [0.29, 0.717) is 0 Å². The van der Waals surface area contributed by atoms with Crippen molar-refractivity contribution in [2.75, 3.05) is 0 Å². The number of fused-ring (bicyclic) bond motifs is 4. The van der Waals surface area contributed by atoms with E-state index in [1.165, 1.54) is 0 Å². The highest BCUT2D eigenvalue weighted by Crippen LogP contribution is 2.34. The zero-order chi connectivity index (χ0) is 22.5. The third kappa shape index (κ3) is 2.95. The number of benzene rings is 5. The summed E-state index contributed by atoms with van der Waals surface area (Å²) in [6.45, 7) is 0. The molecule has 7 aromatic rings. The van der Waals surface area contributed by atoms with Crippen molar-refractivity contribution in [2.24, 2.45) is 0 Å². The monoisotopic (exact) mass is 436 g/mol. The Bertz CT molecular complexity index is 1810. The smallest absolute Gasteiger partial charge is 0.145 e. The first-order chi connectivity index (χ1) is 16.8. The summed E-state index contributed by atoms with van der Waals surface area (Å²) < 4.78 is 8.28. The molecule has 0 unspecified atom stereocenters. The second kappa shape index (κ2) is 7.46. The van der Waals surface area contributed by atoms with Gasteiger partial charge in [0, 0.05) is 22.0 Å². The topological polar surface area (TPSA) is 31.0 Å². The number of aromatic nitrogens is 2. The quantitative estimate of drug-likeness (QED) is 0.279. The summed E-state index contributed by atoms with van der Waals surface area (Å²) in [6, 6.07) is 42.0. The lowest BCUT2D eigenvalue weighted by molar-refractivity contribution is 0.669. The van der Waals surface area contributed by atoms with Gasteiger partial charge in [0.1, 0.15) is 17.0 Å². The van der Waals surface area contributed by atoms with Gasteiger partial charge in [0.05, 0.1) is 11.0 Å². The van der Waals surface area contributed by atoms with Crippen LogP contribution in [-0.2, 0) is 0 Å². The van der Waals surface area contributed by atoms with E-state index in [1.807, 2.05) is 24.3 Å². The van der Waals surface area contributed by atoms with Crippen LogP contribution in [0.3, 0.4) is 0 Å². The fourth-order valence-corrected chi connectivity index (χ4v) is 4.80. The minimum atomic E-state index is 0.910. The fourth-order valence-electron chi connectivity index (χ4n) is 4.80. The number of nitrogens with zero attached hydrogens (tertiary/aromatic N) is 2. The molecule has 3 nitrogen and oxygen atoms in total. The van der Waals surface area contributed by atoms with Crippen LogP contribution in [0.5, 0.6) is 0 Å². The Morgan fingerprint density at radius 3 is 2.21 bits per heavy atom. The fraction of sp³-hybridized carbons (Fsp3) is 0. The first-order valence-corrected chi connectivity index (χ1v) is 11.4. The normalized spacial score (nSPS) is 11.5. The predicted octanol–water partition coefficient (Wildman–Crippen LogP) is 8.26. The Morgan fingerprint density at radius 1 is 0.529 bits per heavy atom. The van der Waals surface area contributed by atoms with Crippen molar-refractivity contribution in [3.63, 3.8) is 0 Å². The summed E-state index contributed by atoms with van der Waals surface area (Å²) in [5, 5.41) is 2.28. The van der Waals surface area contributed by atoms with E-state index in [9.17, 15) is 0 Å². The van der Waals surface area contributed by atoms with Gasteiger partial charge in [-0.2, -0.15) is 0 Å². The highest BCUT2D eigenvalue weighted by Gasteiger charge is 2.15. The Hall–Kier alpha value is -4.63. The largest absolute Gasteiger partial charge is 0.456 e. The van der Waals surface area contributed by atoms with Gasteiger partial charge in [-0.15, -0.1) is 0 Å². The Balaban J connectivity index is 1.43. The second-order valence-electron chi connectivity index (χ2n) is 8.49. The molecule has 0 saturated heterocycles. The van der Waals surface area contributed by atoms with Crippen LogP contribution in [0.15, 0.2) is 126 Å². The number of hydrogen-bond acceptors (Lipinski definition) is 2. The van der Waals surface area contributed by atoms with Gasteiger partial charge < -0.3 is 4.42 Å². The number of furan rings is 1. The van der Waals surface area contributed by atoms with Crippen LogP contribution in [0.4, 0.5) is 0 Å². The molecule has 5 aromatic carbocycles. The van der Waals surface area contributed by atoms with Crippen molar-refractivity contribution in [3.8, 4) is 28.2 Å². The van der Waals surface area contributed by atoms with E-state index in [1.54, 1.807) is 0 Å². The van der Waals surface area contributed by atoms with E-state index in [-0.39, 0.29) is 0 Å². The lowest BCUT2D eigenvalue weighted by Crippen LogP contribution is -1.97. The molecule has 0 atom stereocenters. The van der Waals surface area contributed by atoms with E-state index in [4.69, 9.17) is 9.40 Å². The molecular weight excluding hydrogens is 416 g/mol. The Morgan fingerprint density at radius 2 is 1.26 bits per heavy atom. The van der Waals surface area contributed by atoms with Crippen LogP contribution < -0.4 is 0 Å². The van der Waals surface area contributed by atoms with Gasteiger partial charge in [0.2, 0.25) is 0 Å². The van der Waals surface area contributed by atoms with Gasteiger partial charge in [-0.3, -0.25) is 4.57 Å². The van der Waals surface area contributed by atoms with Crippen molar-refractivity contribution in [2.45, 2.75) is 0 Å². The summed E-state index contributed by atoms with van der Waals surface area (Å²) in [5.41, 5.74) is 8.40. The maximum absolute atomic E-state index is 6.03. The highest BCUT2D eigenvalue weighted by atomic mass is 16.3. The summed E-state index contributed by atoms with van der Waals surface area (Å²) in [4.78, 5) is 4.98. The molecule has 0 N–H and O–H groups in total. The van der Waals surface area contributed by atoms with Gasteiger partial charge in [0.25, 0.3) is 0 Å². The first kappa shape index (κ1) is 18.9. The van der Waals surface area contributed by atoms with Crippen molar-refractivity contribution in [3.05, 3.63) is 121 Å². The average Bonchev–Trinajstić information content (AvgIpc) is 3.48. The second-order valence-corrected chi connectivity index (χ2v) is 8.49. The van der Waals surface area contributed by atoms with Crippen LogP contribution >= 0.6 is 0 Å². The summed E-state index contributed by atoms with van der Waals surface area (Å²) in [6.07, 6.45) is 0.